The fraction of sp³-hybridized carbons (Fsp3) is 0.417. The van der Waals surface area contributed by atoms with Crippen molar-refractivity contribution in [3.63, 3.8) is 0 Å². The van der Waals surface area contributed by atoms with E-state index in [4.69, 9.17) is 5.11 Å². The summed E-state index contributed by atoms with van der Waals surface area (Å²) in [6.45, 7) is -0.161. The first kappa shape index (κ1) is 14.0. The highest BCUT2D eigenvalue weighted by molar-refractivity contribution is 7.88. The van der Waals surface area contributed by atoms with Crippen molar-refractivity contribution in [3.05, 3.63) is 35.9 Å². The first-order chi connectivity index (χ1) is 8.90. The van der Waals surface area contributed by atoms with Gasteiger partial charge >= 0.3 is 5.97 Å². The van der Waals surface area contributed by atoms with Gasteiger partial charge < -0.3 is 10.2 Å². The third-order valence-electron chi connectivity index (χ3n) is 3.07. The van der Waals surface area contributed by atoms with Crippen molar-refractivity contribution in [2.24, 2.45) is 0 Å². The molecule has 0 aromatic heterocycles. The van der Waals surface area contributed by atoms with Gasteiger partial charge in [0.05, 0.1) is 11.9 Å². The molecular weight excluding hydrogens is 270 g/mol. The van der Waals surface area contributed by atoms with E-state index in [0.29, 0.717) is 5.56 Å². The summed E-state index contributed by atoms with van der Waals surface area (Å²) in [5.74, 6) is -1.49. The Morgan fingerprint density at radius 1 is 1.32 bits per heavy atom. The number of sulfonamides is 1. The SMILES string of the molecule is O=C(O)[C@@H]1CC(O)CN1S(=O)(=O)Cc1ccccc1. The molecule has 19 heavy (non-hydrogen) atoms. The number of aliphatic hydroxyl groups is 1. The molecule has 1 aliphatic rings. The molecule has 2 rings (SSSR count). The van der Waals surface area contributed by atoms with Crippen LogP contribution in [-0.2, 0) is 20.6 Å². The predicted molar refractivity (Wildman–Crippen MR) is 67.8 cm³/mol. The van der Waals surface area contributed by atoms with E-state index in [-0.39, 0.29) is 18.7 Å². The van der Waals surface area contributed by atoms with E-state index >= 15 is 0 Å². The van der Waals surface area contributed by atoms with Crippen molar-refractivity contribution in [2.75, 3.05) is 6.54 Å². The number of hydrogen-bond acceptors (Lipinski definition) is 4. The van der Waals surface area contributed by atoms with Gasteiger partial charge in [-0.3, -0.25) is 4.79 Å². The Balaban J connectivity index is 2.22. The number of carboxylic acid groups (broad SMARTS) is 1. The Hall–Kier alpha value is -1.44. The smallest absolute Gasteiger partial charge is 0.322 e. The Bertz CT molecular complexity index is 557. The lowest BCUT2D eigenvalue weighted by Crippen LogP contribution is -2.41. The molecule has 1 aliphatic heterocycles. The molecule has 2 N–H and O–H groups in total. The lowest BCUT2D eigenvalue weighted by atomic mass is 10.2. The van der Waals surface area contributed by atoms with Crippen LogP contribution in [0.1, 0.15) is 12.0 Å². The summed E-state index contributed by atoms with van der Waals surface area (Å²) in [6.07, 6.45) is -0.991. The van der Waals surface area contributed by atoms with Gasteiger partial charge in [-0.25, -0.2) is 8.42 Å². The van der Waals surface area contributed by atoms with Crippen molar-refractivity contribution in [1.82, 2.24) is 4.31 Å². The minimum atomic E-state index is -3.75. The molecule has 0 amide bonds. The maximum atomic E-state index is 12.2. The van der Waals surface area contributed by atoms with Crippen LogP contribution in [0.15, 0.2) is 30.3 Å². The van der Waals surface area contributed by atoms with E-state index in [0.717, 1.165) is 4.31 Å². The first-order valence-corrected chi connectivity index (χ1v) is 7.45. The molecule has 2 atom stereocenters. The fourth-order valence-electron chi connectivity index (χ4n) is 2.18. The summed E-state index contributed by atoms with van der Waals surface area (Å²) in [4.78, 5) is 11.0. The molecule has 0 aliphatic carbocycles. The van der Waals surface area contributed by atoms with E-state index in [1.54, 1.807) is 30.3 Å². The van der Waals surface area contributed by atoms with Gasteiger partial charge in [-0.1, -0.05) is 30.3 Å². The minimum Gasteiger partial charge on any atom is -0.480 e. The van der Waals surface area contributed by atoms with Crippen LogP contribution >= 0.6 is 0 Å². The van der Waals surface area contributed by atoms with Gasteiger partial charge in [-0.2, -0.15) is 4.31 Å². The molecule has 1 unspecified atom stereocenters. The zero-order valence-electron chi connectivity index (χ0n) is 10.1. The Morgan fingerprint density at radius 3 is 2.53 bits per heavy atom. The summed E-state index contributed by atoms with van der Waals surface area (Å²) >= 11 is 0. The van der Waals surface area contributed by atoms with Gasteiger partial charge in [0, 0.05) is 13.0 Å². The number of aliphatic carboxylic acids is 1. The van der Waals surface area contributed by atoms with Crippen molar-refractivity contribution in [3.8, 4) is 0 Å². The molecule has 1 heterocycles. The average Bonchev–Trinajstić information content (AvgIpc) is 2.73. The normalized spacial score (nSPS) is 24.5. The number of aliphatic hydroxyl groups excluding tert-OH is 1. The Kier molecular flexibility index (Phi) is 3.88. The van der Waals surface area contributed by atoms with Crippen LogP contribution in [0.4, 0.5) is 0 Å². The number of carbonyl (C=O) groups is 1. The third kappa shape index (κ3) is 3.12. The largest absolute Gasteiger partial charge is 0.480 e. The van der Waals surface area contributed by atoms with Crippen molar-refractivity contribution >= 4 is 16.0 Å². The molecule has 0 radical (unpaired) electrons. The van der Waals surface area contributed by atoms with Crippen LogP contribution in [0, 0.1) is 0 Å². The van der Waals surface area contributed by atoms with Crippen molar-refractivity contribution < 1.29 is 23.4 Å². The highest BCUT2D eigenvalue weighted by Gasteiger charge is 2.42. The molecule has 1 aromatic carbocycles. The molecule has 1 fully saturated rings. The number of nitrogens with zero attached hydrogens (tertiary/aromatic N) is 1. The maximum Gasteiger partial charge on any atom is 0.322 e. The first-order valence-electron chi connectivity index (χ1n) is 5.84. The standard InChI is InChI=1S/C12H15NO5S/c14-10-6-11(12(15)16)13(7-10)19(17,18)8-9-4-2-1-3-5-9/h1-5,10-11,14H,6-8H2,(H,15,16)/t10?,11-/m0/s1. The third-order valence-corrected chi connectivity index (χ3v) is 4.88. The van der Waals surface area contributed by atoms with E-state index in [1.165, 1.54) is 0 Å². The number of benzene rings is 1. The molecular formula is C12H15NO5S. The number of rotatable bonds is 4. The van der Waals surface area contributed by atoms with E-state index < -0.39 is 28.1 Å². The van der Waals surface area contributed by atoms with Gasteiger partial charge in [0.15, 0.2) is 0 Å². The number of β-amino-alcohol motifs (C(OH)–C–C–N with tert-alkyl or cyclic N) is 1. The highest BCUT2D eigenvalue weighted by atomic mass is 32.2. The fourth-order valence-corrected chi connectivity index (χ4v) is 3.93. The summed E-state index contributed by atoms with van der Waals surface area (Å²) in [5.41, 5.74) is 0.591. The predicted octanol–water partition coefficient (Wildman–Crippen LogP) is 0.0362. The summed E-state index contributed by atoms with van der Waals surface area (Å²) in [5, 5.41) is 18.5. The quantitative estimate of drug-likeness (QED) is 0.814. The molecule has 0 spiro atoms. The topological polar surface area (TPSA) is 94.9 Å². The van der Waals surface area contributed by atoms with Crippen LogP contribution < -0.4 is 0 Å². The summed E-state index contributed by atoms with van der Waals surface area (Å²) < 4.78 is 25.3. The summed E-state index contributed by atoms with van der Waals surface area (Å²) in [7, 11) is -3.75. The van der Waals surface area contributed by atoms with Gasteiger partial charge in [0.25, 0.3) is 0 Å². The van der Waals surface area contributed by atoms with E-state index in [9.17, 15) is 18.3 Å². The van der Waals surface area contributed by atoms with Gasteiger partial charge in [-0.05, 0) is 5.56 Å². The van der Waals surface area contributed by atoms with Gasteiger partial charge in [0.2, 0.25) is 10.0 Å². The van der Waals surface area contributed by atoms with Gasteiger partial charge in [-0.15, -0.1) is 0 Å². The number of carboxylic acids is 1. The van der Waals surface area contributed by atoms with Crippen LogP contribution in [0.3, 0.4) is 0 Å². The second kappa shape index (κ2) is 5.28. The van der Waals surface area contributed by atoms with E-state index in [2.05, 4.69) is 0 Å². The van der Waals surface area contributed by atoms with E-state index in [1.807, 2.05) is 0 Å². The van der Waals surface area contributed by atoms with Crippen LogP contribution in [-0.4, -0.2) is 47.6 Å². The van der Waals surface area contributed by atoms with Crippen LogP contribution in [0.2, 0.25) is 0 Å². The molecule has 7 heteroatoms. The number of hydrogen-bond donors (Lipinski definition) is 2. The zero-order valence-corrected chi connectivity index (χ0v) is 11.0. The average molecular weight is 285 g/mol. The molecule has 0 saturated carbocycles. The Morgan fingerprint density at radius 2 is 1.95 bits per heavy atom. The molecule has 1 saturated heterocycles. The monoisotopic (exact) mass is 285 g/mol. The zero-order chi connectivity index (χ0) is 14.0. The lowest BCUT2D eigenvalue weighted by molar-refractivity contribution is -0.140. The lowest BCUT2D eigenvalue weighted by Gasteiger charge is -2.20. The second-order valence-corrected chi connectivity index (χ2v) is 6.48. The van der Waals surface area contributed by atoms with Crippen LogP contribution in [0.25, 0.3) is 0 Å². The van der Waals surface area contributed by atoms with Crippen molar-refractivity contribution in [1.29, 1.82) is 0 Å². The molecule has 1 aromatic rings. The maximum absolute atomic E-state index is 12.2. The Labute approximate surface area is 111 Å². The highest BCUT2D eigenvalue weighted by Crippen LogP contribution is 2.24. The van der Waals surface area contributed by atoms with Gasteiger partial charge in [0.1, 0.15) is 6.04 Å². The minimum absolute atomic E-state index is 0.0661. The molecule has 6 nitrogen and oxygen atoms in total. The summed E-state index contributed by atoms with van der Waals surface area (Å²) in [6, 6.07) is 7.37. The molecule has 104 valence electrons. The van der Waals surface area contributed by atoms with Crippen molar-refractivity contribution in [2.45, 2.75) is 24.3 Å². The molecule has 0 bridgehead atoms. The second-order valence-electron chi connectivity index (χ2n) is 4.56. The van der Waals surface area contributed by atoms with Crippen LogP contribution in [0.5, 0.6) is 0 Å².